The van der Waals surface area contributed by atoms with Crippen LogP contribution in [0.3, 0.4) is 0 Å². The van der Waals surface area contributed by atoms with Gasteiger partial charge in [0, 0.05) is 0 Å². The Kier molecular flexibility index (Phi) is 1.24. The van der Waals surface area contributed by atoms with Crippen LogP contribution in [0.2, 0.25) is 0 Å². The van der Waals surface area contributed by atoms with Crippen molar-refractivity contribution in [1.29, 1.82) is 0 Å². The second kappa shape index (κ2) is 2.30. The molecule has 1 aromatic carbocycles. The molecule has 2 aliphatic heterocycles. The van der Waals surface area contributed by atoms with Crippen molar-refractivity contribution in [3.8, 4) is 0 Å². The highest BCUT2D eigenvalue weighted by atomic mass is 16.5. The summed E-state index contributed by atoms with van der Waals surface area (Å²) in [7, 11) is 0. The minimum Gasteiger partial charge on any atom is -0.357 e. The van der Waals surface area contributed by atoms with E-state index in [1.54, 1.807) is 12.1 Å². The monoisotopic (exact) mass is 172 g/mol. The van der Waals surface area contributed by atoms with E-state index in [-0.39, 0.29) is 17.6 Å². The van der Waals surface area contributed by atoms with Gasteiger partial charge in [0.2, 0.25) is 0 Å². The summed E-state index contributed by atoms with van der Waals surface area (Å²) in [6, 6.07) is 6.92. The molecule has 2 bridgehead atoms. The van der Waals surface area contributed by atoms with Crippen molar-refractivity contribution in [3.63, 3.8) is 0 Å². The number of fused-ring (bicyclic) bond motifs is 5. The minimum absolute atomic E-state index is 0.0498. The van der Waals surface area contributed by atoms with E-state index in [0.717, 1.165) is 11.1 Å². The molecular weight excluding hydrogens is 164 g/mol. The van der Waals surface area contributed by atoms with Crippen LogP contribution in [0.15, 0.2) is 41.2 Å². The Morgan fingerprint density at radius 3 is 2.00 bits per heavy atom. The highest BCUT2D eigenvalue weighted by Crippen LogP contribution is 2.44. The zero-order valence-electron chi connectivity index (χ0n) is 6.94. The summed E-state index contributed by atoms with van der Waals surface area (Å²) in [6.07, 6.45) is 4.23. The molecule has 2 atom stereocenters. The first-order valence-electron chi connectivity index (χ1n) is 4.32. The predicted octanol–water partition coefficient (Wildman–Crippen LogP) is 1.73. The number of rotatable bonds is 0. The Morgan fingerprint density at radius 1 is 0.923 bits per heavy atom. The molecule has 0 N–H and O–H groups in total. The third-order valence-electron chi connectivity index (χ3n) is 2.55. The molecular formula is C11H8O2. The molecule has 0 aliphatic carbocycles. The fraction of sp³-hybridized carbons (Fsp3) is 0.182. The van der Waals surface area contributed by atoms with E-state index in [1.165, 1.54) is 0 Å². The smallest absolute Gasteiger partial charge is 0.178 e. The molecule has 3 rings (SSSR count). The van der Waals surface area contributed by atoms with E-state index in [0.29, 0.717) is 0 Å². The van der Waals surface area contributed by atoms with Crippen molar-refractivity contribution in [2.24, 2.45) is 0 Å². The number of ether oxygens (including phenoxy) is 1. The summed E-state index contributed by atoms with van der Waals surface area (Å²) in [4.78, 5) is 11.1. The zero-order valence-corrected chi connectivity index (χ0v) is 6.94. The molecule has 0 saturated heterocycles. The maximum Gasteiger partial charge on any atom is 0.178 e. The first kappa shape index (κ1) is 7.04. The quantitative estimate of drug-likeness (QED) is 0.557. The van der Waals surface area contributed by atoms with Crippen LogP contribution in [-0.4, -0.2) is 0 Å². The Balaban J connectivity index is 2.30. The lowest BCUT2D eigenvalue weighted by Gasteiger charge is -2.00. The fourth-order valence-corrected chi connectivity index (χ4v) is 1.91. The number of hydrogen-bond donors (Lipinski definition) is 0. The largest absolute Gasteiger partial charge is 0.357 e. The molecule has 0 radical (unpaired) electrons. The lowest BCUT2D eigenvalue weighted by atomic mass is 10.00. The van der Waals surface area contributed by atoms with Crippen molar-refractivity contribution >= 4 is 0 Å². The molecule has 64 valence electrons. The van der Waals surface area contributed by atoms with Gasteiger partial charge >= 0.3 is 0 Å². The zero-order chi connectivity index (χ0) is 8.84. The van der Waals surface area contributed by atoms with Gasteiger partial charge in [0.1, 0.15) is 12.2 Å². The summed E-state index contributed by atoms with van der Waals surface area (Å²) in [5, 5.41) is 0. The molecule has 2 heterocycles. The molecule has 2 heteroatoms. The lowest BCUT2D eigenvalue weighted by molar-refractivity contribution is 0.0877. The van der Waals surface area contributed by atoms with E-state index in [1.807, 2.05) is 24.3 Å². The maximum absolute atomic E-state index is 11.1. The maximum atomic E-state index is 11.1. The van der Waals surface area contributed by atoms with Gasteiger partial charge in [-0.2, -0.15) is 0 Å². The van der Waals surface area contributed by atoms with Crippen LogP contribution in [0.5, 0.6) is 0 Å². The Morgan fingerprint density at radius 2 is 1.46 bits per heavy atom. The summed E-state index contributed by atoms with van der Waals surface area (Å²) in [5.74, 6) is 0. The second-order valence-corrected chi connectivity index (χ2v) is 3.34. The third-order valence-corrected chi connectivity index (χ3v) is 2.55. The van der Waals surface area contributed by atoms with Crippen molar-refractivity contribution in [2.75, 3.05) is 0 Å². The lowest BCUT2D eigenvalue weighted by Crippen LogP contribution is -1.90. The van der Waals surface area contributed by atoms with Crippen molar-refractivity contribution in [3.05, 3.63) is 57.8 Å². The van der Waals surface area contributed by atoms with Gasteiger partial charge in [-0.25, -0.2) is 0 Å². The number of hydrogen-bond acceptors (Lipinski definition) is 2. The highest BCUT2D eigenvalue weighted by molar-refractivity contribution is 5.41. The average molecular weight is 172 g/mol. The van der Waals surface area contributed by atoms with Gasteiger partial charge in [-0.05, 0) is 23.3 Å². The van der Waals surface area contributed by atoms with E-state index >= 15 is 0 Å². The Labute approximate surface area is 75.5 Å². The summed E-state index contributed by atoms with van der Waals surface area (Å²) >= 11 is 0. The normalized spacial score (nSPS) is 27.7. The molecule has 0 fully saturated rings. The second-order valence-electron chi connectivity index (χ2n) is 3.34. The molecule has 1 aromatic rings. The van der Waals surface area contributed by atoms with Crippen LogP contribution in [0.25, 0.3) is 0 Å². The van der Waals surface area contributed by atoms with E-state index in [4.69, 9.17) is 4.74 Å². The summed E-state index contributed by atoms with van der Waals surface area (Å²) in [5.41, 5.74) is 2.32. The molecule has 0 aromatic heterocycles. The van der Waals surface area contributed by atoms with Gasteiger partial charge in [0.05, 0.1) is 0 Å². The average Bonchev–Trinajstić information content (AvgIpc) is 2.66. The molecule has 2 aliphatic rings. The van der Waals surface area contributed by atoms with Gasteiger partial charge in [-0.3, -0.25) is 4.79 Å². The van der Waals surface area contributed by atoms with E-state index < -0.39 is 0 Å². The van der Waals surface area contributed by atoms with E-state index in [9.17, 15) is 4.79 Å². The summed E-state index contributed by atoms with van der Waals surface area (Å²) in [6.45, 7) is 0. The first-order valence-corrected chi connectivity index (χ1v) is 4.32. The fourth-order valence-electron chi connectivity index (χ4n) is 1.91. The van der Waals surface area contributed by atoms with Crippen LogP contribution < -0.4 is 5.43 Å². The van der Waals surface area contributed by atoms with Crippen LogP contribution in [-0.2, 0) is 4.74 Å². The SMILES string of the molecule is O=c1ccc2c(cc1)[C@H]1C=C[C@@H]2O1. The third kappa shape index (κ3) is 0.892. The Bertz CT molecular complexity index is 410. The predicted molar refractivity (Wildman–Crippen MR) is 48.4 cm³/mol. The van der Waals surface area contributed by atoms with Crippen molar-refractivity contribution in [2.45, 2.75) is 12.2 Å². The van der Waals surface area contributed by atoms with Crippen LogP contribution in [0, 0.1) is 0 Å². The van der Waals surface area contributed by atoms with Crippen LogP contribution in [0.1, 0.15) is 23.3 Å². The molecule has 0 unspecified atom stereocenters. The van der Waals surface area contributed by atoms with Gasteiger partial charge in [-0.15, -0.1) is 0 Å². The summed E-state index contributed by atoms with van der Waals surface area (Å²) < 4.78 is 5.61. The van der Waals surface area contributed by atoms with E-state index in [2.05, 4.69) is 0 Å². The van der Waals surface area contributed by atoms with Gasteiger partial charge in [-0.1, -0.05) is 24.3 Å². The molecule has 0 spiro atoms. The molecule has 2 nitrogen and oxygen atoms in total. The van der Waals surface area contributed by atoms with Crippen LogP contribution >= 0.6 is 0 Å². The van der Waals surface area contributed by atoms with Gasteiger partial charge in [0.25, 0.3) is 0 Å². The molecule has 13 heavy (non-hydrogen) atoms. The van der Waals surface area contributed by atoms with Gasteiger partial charge < -0.3 is 4.74 Å². The Hall–Kier alpha value is -1.41. The van der Waals surface area contributed by atoms with Gasteiger partial charge in [0.15, 0.2) is 5.43 Å². The molecule has 0 saturated carbocycles. The highest BCUT2D eigenvalue weighted by Gasteiger charge is 2.32. The van der Waals surface area contributed by atoms with Crippen molar-refractivity contribution < 1.29 is 4.74 Å². The van der Waals surface area contributed by atoms with Crippen LogP contribution in [0.4, 0.5) is 0 Å². The van der Waals surface area contributed by atoms with Crippen molar-refractivity contribution in [1.82, 2.24) is 0 Å². The minimum atomic E-state index is 0.0498. The first-order chi connectivity index (χ1) is 6.34. The topological polar surface area (TPSA) is 26.3 Å². The molecule has 0 amide bonds. The standard InChI is InChI=1S/C11H8O2/c12-7-1-3-8-9(4-2-7)11-6-5-10(8)13-11/h1-6,10-11H/t10-,11+.